The van der Waals surface area contributed by atoms with Crippen LogP contribution < -0.4 is 15.4 Å². The molecule has 2 aliphatic rings. The first-order chi connectivity index (χ1) is 18.6. The van der Waals surface area contributed by atoms with E-state index < -0.39 is 23.5 Å². The summed E-state index contributed by atoms with van der Waals surface area (Å²) in [6, 6.07) is 0.620. The predicted molar refractivity (Wildman–Crippen MR) is 146 cm³/mol. The van der Waals surface area contributed by atoms with Crippen molar-refractivity contribution < 1.29 is 26.7 Å². The molecule has 13 heteroatoms. The zero-order valence-electron chi connectivity index (χ0n) is 22.5. The second kappa shape index (κ2) is 14.2. The van der Waals surface area contributed by atoms with Crippen LogP contribution in [0.3, 0.4) is 0 Å². The number of amides is 1. The summed E-state index contributed by atoms with van der Waals surface area (Å²) in [6.07, 6.45) is 7.65. The highest BCUT2D eigenvalue weighted by molar-refractivity contribution is 7.51. The predicted octanol–water partition coefficient (Wildman–Crippen LogP) is 5.50. The maximum atomic E-state index is 14.3. The number of nitrogens with zero attached hydrogens (tertiary/aromatic N) is 3. The number of carbonyl (C=O) groups is 1. The molecule has 9 nitrogen and oxygen atoms in total. The van der Waals surface area contributed by atoms with Crippen molar-refractivity contribution in [2.45, 2.75) is 83.7 Å². The summed E-state index contributed by atoms with van der Waals surface area (Å²) in [6.45, 7) is 5.25. The zero-order chi connectivity index (χ0) is 28.6. The van der Waals surface area contributed by atoms with E-state index in [9.17, 15) is 13.6 Å². The highest BCUT2D eigenvalue weighted by atomic mass is 35.5. The van der Waals surface area contributed by atoms with E-state index in [2.05, 4.69) is 27.6 Å². The fourth-order valence-electron chi connectivity index (χ4n) is 5.24. The first-order valence-electron chi connectivity index (χ1n) is 13.3. The number of anilines is 1. The molecule has 2 heterocycles. The lowest BCUT2D eigenvalue weighted by Crippen LogP contribution is -2.42. The molecule has 0 bridgehead atoms. The molecule has 0 radical (unpaired) electrons. The second-order valence-corrected chi connectivity index (χ2v) is 10.7. The highest BCUT2D eigenvalue weighted by Crippen LogP contribution is 2.39. The van der Waals surface area contributed by atoms with Gasteiger partial charge in [-0.15, -0.1) is 0 Å². The molecule has 1 amide bonds. The highest BCUT2D eigenvalue weighted by Gasteiger charge is 2.41. The van der Waals surface area contributed by atoms with E-state index in [-0.39, 0.29) is 23.0 Å². The minimum atomic E-state index is -2.78. The lowest BCUT2D eigenvalue weighted by atomic mass is 9.83. The van der Waals surface area contributed by atoms with Crippen molar-refractivity contribution in [1.29, 1.82) is 0 Å². The van der Waals surface area contributed by atoms with E-state index >= 15 is 0 Å². The van der Waals surface area contributed by atoms with Crippen molar-refractivity contribution in [2.75, 3.05) is 19.0 Å². The quantitative estimate of drug-likeness (QED) is 0.419. The van der Waals surface area contributed by atoms with Crippen LogP contribution in [0, 0.1) is 11.8 Å². The Morgan fingerprint density at radius 2 is 1.92 bits per heavy atom. The van der Waals surface area contributed by atoms with Crippen LogP contribution in [0.1, 0.15) is 75.7 Å². The number of alkyl halides is 2. The summed E-state index contributed by atoms with van der Waals surface area (Å²) in [4.78, 5) is 17.3. The van der Waals surface area contributed by atoms with Crippen molar-refractivity contribution in [2.24, 2.45) is 11.8 Å². The van der Waals surface area contributed by atoms with Gasteiger partial charge in [-0.2, -0.15) is 13.5 Å². The van der Waals surface area contributed by atoms with Crippen molar-refractivity contribution in [1.82, 2.24) is 20.1 Å². The maximum Gasteiger partial charge on any atom is 0.335 e. The number of methoxy groups -OCH3 is 1. The van der Waals surface area contributed by atoms with E-state index in [1.807, 2.05) is 6.92 Å². The van der Waals surface area contributed by atoms with Gasteiger partial charge in [-0.25, -0.2) is 13.8 Å². The van der Waals surface area contributed by atoms with E-state index in [0.29, 0.717) is 54.7 Å². The van der Waals surface area contributed by atoms with Gasteiger partial charge in [-0.3, -0.25) is 9.48 Å². The number of hydrogen-bond acceptors (Lipinski definition) is 7. The average molecular weight is 588 g/mol. The van der Waals surface area contributed by atoms with Crippen molar-refractivity contribution in [3.05, 3.63) is 23.0 Å². The molecule has 2 saturated carbocycles. The first kappa shape index (κ1) is 30.9. The first-order valence-corrected chi connectivity index (χ1v) is 14.3. The topological polar surface area (TPSA) is 115 Å². The van der Waals surface area contributed by atoms with Gasteiger partial charge in [0, 0.05) is 31.8 Å². The molecule has 4 rings (SSSR count). The molecule has 0 aromatic carbocycles. The Balaban J connectivity index is 0.00000134. The van der Waals surface area contributed by atoms with Crippen LogP contribution in [0.5, 0.6) is 5.75 Å². The van der Waals surface area contributed by atoms with Gasteiger partial charge in [0.15, 0.2) is 5.69 Å². The van der Waals surface area contributed by atoms with E-state index in [1.165, 1.54) is 26.1 Å². The molecule has 2 fully saturated rings. The smallest absolute Gasteiger partial charge is 0.335 e. The third kappa shape index (κ3) is 7.75. The Morgan fingerprint density at radius 3 is 2.54 bits per heavy atom. The van der Waals surface area contributed by atoms with Gasteiger partial charge in [0.1, 0.15) is 11.6 Å². The molecule has 2 aromatic heterocycles. The molecule has 1 atom stereocenters. The van der Waals surface area contributed by atoms with Gasteiger partial charge in [-0.1, -0.05) is 37.8 Å². The monoisotopic (exact) mass is 587 g/mol. The number of halogens is 3. The second-order valence-electron chi connectivity index (χ2n) is 10.2. The third-order valence-electron chi connectivity index (χ3n) is 7.52. The molecule has 0 aliphatic heterocycles. The summed E-state index contributed by atoms with van der Waals surface area (Å²) < 4.78 is 52.4. The molecule has 0 saturated heterocycles. The summed E-state index contributed by atoms with van der Waals surface area (Å²) in [7, 11) is 1.50. The van der Waals surface area contributed by atoms with E-state index in [4.69, 9.17) is 24.8 Å². The minimum absolute atomic E-state index is 0.129. The standard InChI is InChI=1S/C26H36ClF2N5O2.O2S/c1-4-34-24(22(27)23(33-34)25(35)31-14-17-10-8-16(2)9-11-17)18-15-30-21(13-19(18)36-3)32-20-7-5-6-12-26(20,28)29;1-3-2/h13,15-17,20H,4-12,14H2,1-3H3,(H,30,32)(H,31,35);. The van der Waals surface area contributed by atoms with Gasteiger partial charge in [0.05, 0.1) is 29.4 Å². The summed E-state index contributed by atoms with van der Waals surface area (Å²) in [5, 5.41) is 10.6. The molecule has 2 aromatic rings. The van der Waals surface area contributed by atoms with Gasteiger partial charge in [0.25, 0.3) is 11.8 Å². The number of hydrogen-bond donors (Lipinski definition) is 2. The molecule has 2 N–H and O–H groups in total. The van der Waals surface area contributed by atoms with E-state index in [0.717, 1.165) is 25.2 Å². The van der Waals surface area contributed by atoms with Crippen LogP contribution in [-0.4, -0.2) is 54.7 Å². The van der Waals surface area contributed by atoms with Crippen LogP contribution in [0.2, 0.25) is 5.02 Å². The molecular weight excluding hydrogens is 552 g/mol. The SMILES string of the molecule is CCn1nc(C(=O)NCC2CCC(C)CC2)c(Cl)c1-c1cnc(NC2CCCCC2(F)F)cc1OC.O=S=O. The van der Waals surface area contributed by atoms with Crippen LogP contribution in [0.25, 0.3) is 11.3 Å². The number of ether oxygens (including phenoxy) is 1. The Morgan fingerprint density at radius 1 is 1.23 bits per heavy atom. The maximum absolute atomic E-state index is 14.3. The molecular formula is C26H36ClF2N5O4S. The lowest BCUT2D eigenvalue weighted by Gasteiger charge is -2.32. The zero-order valence-corrected chi connectivity index (χ0v) is 24.0. The molecule has 216 valence electrons. The normalized spacial score (nSPS) is 22.3. The number of rotatable bonds is 8. The Bertz CT molecular complexity index is 1170. The van der Waals surface area contributed by atoms with Crippen molar-refractivity contribution in [3.8, 4) is 17.0 Å². The van der Waals surface area contributed by atoms with Gasteiger partial charge in [0.2, 0.25) is 0 Å². The number of aromatic nitrogens is 3. The van der Waals surface area contributed by atoms with Crippen LogP contribution in [-0.2, 0) is 18.1 Å². The largest absolute Gasteiger partial charge is 0.496 e. The average Bonchev–Trinajstić information content (AvgIpc) is 3.25. The van der Waals surface area contributed by atoms with Gasteiger partial charge >= 0.3 is 11.6 Å². The molecule has 39 heavy (non-hydrogen) atoms. The summed E-state index contributed by atoms with van der Waals surface area (Å²) >= 11 is 5.95. The Hall–Kier alpha value is -2.60. The Labute approximate surface area is 236 Å². The van der Waals surface area contributed by atoms with E-state index in [1.54, 1.807) is 10.7 Å². The summed E-state index contributed by atoms with van der Waals surface area (Å²) in [5.41, 5.74) is 1.21. The van der Waals surface area contributed by atoms with Crippen LogP contribution in [0.15, 0.2) is 12.3 Å². The number of aryl methyl sites for hydroxylation is 1. The van der Waals surface area contributed by atoms with Crippen LogP contribution in [0.4, 0.5) is 14.6 Å². The van der Waals surface area contributed by atoms with Gasteiger partial charge < -0.3 is 15.4 Å². The van der Waals surface area contributed by atoms with Crippen molar-refractivity contribution in [3.63, 3.8) is 0 Å². The fourth-order valence-corrected chi connectivity index (χ4v) is 5.56. The number of carbonyl (C=O) groups excluding carboxylic acids is 1. The third-order valence-corrected chi connectivity index (χ3v) is 7.88. The molecule has 1 unspecified atom stereocenters. The molecule has 0 spiro atoms. The Kier molecular flexibility index (Phi) is 11.2. The van der Waals surface area contributed by atoms with Crippen molar-refractivity contribution >= 4 is 34.9 Å². The van der Waals surface area contributed by atoms with Gasteiger partial charge in [-0.05, 0) is 44.4 Å². The van der Waals surface area contributed by atoms with Crippen LogP contribution >= 0.6 is 11.6 Å². The summed E-state index contributed by atoms with van der Waals surface area (Å²) in [5.74, 6) is -1.16. The fraction of sp³-hybridized carbons (Fsp3) is 0.654. The molecule has 2 aliphatic carbocycles. The lowest BCUT2D eigenvalue weighted by molar-refractivity contribution is -0.0449. The number of nitrogens with one attached hydrogen (secondary N) is 2. The minimum Gasteiger partial charge on any atom is -0.496 e. The number of pyridine rings is 1.